The molecule has 0 bridgehead atoms. The van der Waals surface area contributed by atoms with Gasteiger partial charge in [0.25, 0.3) is 0 Å². The van der Waals surface area contributed by atoms with Gasteiger partial charge in [-0.25, -0.2) is 0 Å². The number of aryl methyl sites for hydroxylation is 1. The van der Waals surface area contributed by atoms with Crippen LogP contribution in [-0.4, -0.2) is 13.1 Å². The van der Waals surface area contributed by atoms with Crippen molar-refractivity contribution in [3.8, 4) is 0 Å². The van der Waals surface area contributed by atoms with Crippen LogP contribution in [0.5, 0.6) is 0 Å². The van der Waals surface area contributed by atoms with Gasteiger partial charge in [0.2, 0.25) is 0 Å². The second-order valence-corrected chi connectivity index (χ2v) is 6.53. The third-order valence-corrected chi connectivity index (χ3v) is 4.05. The van der Waals surface area contributed by atoms with Crippen LogP contribution in [0, 0.1) is 11.3 Å². The number of nitrogens with one attached hydrogen (secondary N) is 1. The molecule has 1 rings (SSSR count). The Balaban J connectivity index is 2.30. The summed E-state index contributed by atoms with van der Waals surface area (Å²) in [7, 11) is 0. The summed E-state index contributed by atoms with van der Waals surface area (Å²) in [6.07, 6.45) is 5.06. The first kappa shape index (κ1) is 16.2. The smallest absolute Gasteiger partial charge is 0.000517 e. The second-order valence-electron chi connectivity index (χ2n) is 6.53. The molecule has 0 spiro atoms. The zero-order chi connectivity index (χ0) is 14.1. The van der Waals surface area contributed by atoms with Crippen LogP contribution in [-0.2, 0) is 6.42 Å². The zero-order valence-corrected chi connectivity index (χ0v) is 13.2. The molecule has 0 heterocycles. The van der Waals surface area contributed by atoms with Crippen molar-refractivity contribution in [2.45, 2.75) is 53.4 Å². The topological polar surface area (TPSA) is 12.0 Å². The van der Waals surface area contributed by atoms with Crippen LogP contribution in [0.3, 0.4) is 0 Å². The zero-order valence-electron chi connectivity index (χ0n) is 13.2. The third-order valence-electron chi connectivity index (χ3n) is 4.05. The molecular formula is C18H31N. The van der Waals surface area contributed by atoms with Gasteiger partial charge in [0.05, 0.1) is 0 Å². The van der Waals surface area contributed by atoms with Gasteiger partial charge in [-0.2, -0.15) is 0 Å². The van der Waals surface area contributed by atoms with Gasteiger partial charge < -0.3 is 5.32 Å². The van der Waals surface area contributed by atoms with Crippen molar-refractivity contribution >= 4 is 0 Å². The summed E-state index contributed by atoms with van der Waals surface area (Å²) in [6, 6.07) is 10.8. The molecule has 1 heteroatoms. The Morgan fingerprint density at radius 2 is 1.84 bits per heavy atom. The van der Waals surface area contributed by atoms with Crippen LogP contribution in [0.25, 0.3) is 0 Å². The Morgan fingerprint density at radius 3 is 2.42 bits per heavy atom. The van der Waals surface area contributed by atoms with E-state index in [4.69, 9.17) is 0 Å². The highest BCUT2D eigenvalue weighted by molar-refractivity contribution is 5.14. The maximum absolute atomic E-state index is 3.63. The minimum Gasteiger partial charge on any atom is -0.316 e. The molecule has 19 heavy (non-hydrogen) atoms. The monoisotopic (exact) mass is 261 g/mol. The molecule has 0 aliphatic heterocycles. The SMILES string of the molecule is CCC(C)(CCCc1ccccc1)CNCC(C)C. The van der Waals surface area contributed by atoms with E-state index in [1.54, 1.807) is 0 Å². The lowest BCUT2D eigenvalue weighted by atomic mass is 9.81. The van der Waals surface area contributed by atoms with Crippen LogP contribution in [0.2, 0.25) is 0 Å². The molecule has 108 valence electrons. The summed E-state index contributed by atoms with van der Waals surface area (Å²) in [5, 5.41) is 3.63. The van der Waals surface area contributed by atoms with E-state index in [-0.39, 0.29) is 0 Å². The van der Waals surface area contributed by atoms with Gasteiger partial charge in [-0.15, -0.1) is 0 Å². The highest BCUT2D eigenvalue weighted by Crippen LogP contribution is 2.27. The van der Waals surface area contributed by atoms with Crippen molar-refractivity contribution in [3.05, 3.63) is 35.9 Å². The van der Waals surface area contributed by atoms with Crippen molar-refractivity contribution < 1.29 is 0 Å². The normalized spacial score (nSPS) is 14.6. The number of rotatable bonds is 9. The maximum Gasteiger partial charge on any atom is 0.000517 e. The standard InChI is InChI=1S/C18H31N/c1-5-18(4,15-19-14-16(2)3)13-9-12-17-10-7-6-8-11-17/h6-8,10-11,16,19H,5,9,12-15H2,1-4H3. The van der Waals surface area contributed by atoms with Crippen LogP contribution >= 0.6 is 0 Å². The lowest BCUT2D eigenvalue weighted by Gasteiger charge is -2.29. The van der Waals surface area contributed by atoms with Crippen LogP contribution < -0.4 is 5.32 Å². The van der Waals surface area contributed by atoms with Gasteiger partial charge >= 0.3 is 0 Å². The van der Waals surface area contributed by atoms with Crippen LogP contribution in [0.15, 0.2) is 30.3 Å². The van der Waals surface area contributed by atoms with Gasteiger partial charge in [-0.3, -0.25) is 0 Å². The summed E-state index contributed by atoms with van der Waals surface area (Å²) in [4.78, 5) is 0. The lowest BCUT2D eigenvalue weighted by Crippen LogP contribution is -2.33. The van der Waals surface area contributed by atoms with E-state index in [1.807, 2.05) is 0 Å². The maximum atomic E-state index is 3.63. The van der Waals surface area contributed by atoms with E-state index >= 15 is 0 Å². The summed E-state index contributed by atoms with van der Waals surface area (Å²) in [6.45, 7) is 11.6. The van der Waals surface area contributed by atoms with Crippen LogP contribution in [0.4, 0.5) is 0 Å². The van der Waals surface area contributed by atoms with Crippen molar-refractivity contribution in [1.29, 1.82) is 0 Å². The molecule has 0 aliphatic rings. The van der Waals surface area contributed by atoms with E-state index in [1.165, 1.54) is 31.2 Å². The summed E-state index contributed by atoms with van der Waals surface area (Å²) < 4.78 is 0. The summed E-state index contributed by atoms with van der Waals surface area (Å²) in [5.74, 6) is 0.741. The van der Waals surface area contributed by atoms with Crippen molar-refractivity contribution in [2.24, 2.45) is 11.3 Å². The van der Waals surface area contributed by atoms with Crippen LogP contribution in [0.1, 0.15) is 52.5 Å². The van der Waals surface area contributed by atoms with E-state index < -0.39 is 0 Å². The molecule has 1 aromatic carbocycles. The molecule has 0 amide bonds. The molecule has 1 nitrogen and oxygen atoms in total. The molecule has 0 aliphatic carbocycles. The fourth-order valence-electron chi connectivity index (χ4n) is 2.42. The number of hydrogen-bond acceptors (Lipinski definition) is 1. The average molecular weight is 261 g/mol. The van der Waals surface area contributed by atoms with Gasteiger partial charge in [-0.1, -0.05) is 58.0 Å². The molecule has 1 unspecified atom stereocenters. The fraction of sp³-hybridized carbons (Fsp3) is 0.667. The fourth-order valence-corrected chi connectivity index (χ4v) is 2.42. The highest BCUT2D eigenvalue weighted by atomic mass is 14.9. The highest BCUT2D eigenvalue weighted by Gasteiger charge is 2.21. The average Bonchev–Trinajstić information content (AvgIpc) is 2.39. The molecule has 0 fully saturated rings. The van der Waals surface area contributed by atoms with Crippen molar-refractivity contribution in [3.63, 3.8) is 0 Å². The first-order chi connectivity index (χ1) is 9.06. The summed E-state index contributed by atoms with van der Waals surface area (Å²) in [5.41, 5.74) is 1.92. The van der Waals surface area contributed by atoms with Gasteiger partial charge in [0.15, 0.2) is 0 Å². The summed E-state index contributed by atoms with van der Waals surface area (Å²) >= 11 is 0. The predicted molar refractivity (Wildman–Crippen MR) is 85.5 cm³/mol. The Bertz CT molecular complexity index is 331. The Labute approximate surface area is 119 Å². The molecule has 0 aromatic heterocycles. The first-order valence-electron chi connectivity index (χ1n) is 7.80. The molecule has 0 saturated heterocycles. The molecule has 0 radical (unpaired) electrons. The molecule has 0 saturated carbocycles. The van der Waals surface area contributed by atoms with E-state index in [2.05, 4.69) is 63.3 Å². The minimum atomic E-state index is 0.448. The molecule has 1 atom stereocenters. The molecular weight excluding hydrogens is 230 g/mol. The van der Waals surface area contributed by atoms with Gasteiger partial charge in [-0.05, 0) is 49.1 Å². The van der Waals surface area contributed by atoms with Crippen molar-refractivity contribution in [2.75, 3.05) is 13.1 Å². The third kappa shape index (κ3) is 6.77. The number of benzene rings is 1. The largest absolute Gasteiger partial charge is 0.316 e. The first-order valence-corrected chi connectivity index (χ1v) is 7.80. The van der Waals surface area contributed by atoms with Gasteiger partial charge in [0.1, 0.15) is 0 Å². The Hall–Kier alpha value is -0.820. The Kier molecular flexibility index (Phi) is 7.15. The van der Waals surface area contributed by atoms with Gasteiger partial charge in [0, 0.05) is 6.54 Å². The minimum absolute atomic E-state index is 0.448. The van der Waals surface area contributed by atoms with E-state index in [9.17, 15) is 0 Å². The molecule has 1 aromatic rings. The lowest BCUT2D eigenvalue weighted by molar-refractivity contribution is 0.259. The quantitative estimate of drug-likeness (QED) is 0.681. The predicted octanol–water partition coefficient (Wildman–Crippen LogP) is 4.67. The Morgan fingerprint density at radius 1 is 1.16 bits per heavy atom. The van der Waals surface area contributed by atoms with E-state index in [0.717, 1.165) is 19.0 Å². The molecule has 1 N–H and O–H groups in total. The number of hydrogen-bond donors (Lipinski definition) is 1. The second kappa shape index (κ2) is 8.37. The van der Waals surface area contributed by atoms with Crippen molar-refractivity contribution in [1.82, 2.24) is 5.32 Å². The van der Waals surface area contributed by atoms with E-state index in [0.29, 0.717) is 5.41 Å².